The first-order valence-corrected chi connectivity index (χ1v) is 6.88. The molecule has 0 atom stereocenters. The quantitative estimate of drug-likeness (QED) is 0.881. The van der Waals surface area contributed by atoms with E-state index in [2.05, 4.69) is 9.88 Å². The van der Waals surface area contributed by atoms with Crippen LogP contribution in [0.4, 0.5) is 5.69 Å². The number of aromatic nitrogens is 1. The second-order valence-electron chi connectivity index (χ2n) is 3.83. The van der Waals surface area contributed by atoms with Crippen LogP contribution in [0.25, 0.3) is 0 Å². The van der Waals surface area contributed by atoms with Gasteiger partial charge in [0.25, 0.3) is 0 Å². The van der Waals surface area contributed by atoms with Gasteiger partial charge in [-0.2, -0.15) is 0 Å². The molecule has 0 spiro atoms. The van der Waals surface area contributed by atoms with E-state index in [-0.39, 0.29) is 0 Å². The molecule has 0 aliphatic heterocycles. The highest BCUT2D eigenvalue weighted by Gasteiger charge is 2.06. The third-order valence-corrected chi connectivity index (χ3v) is 3.88. The van der Waals surface area contributed by atoms with Crippen LogP contribution >= 0.6 is 35.2 Å². The minimum atomic E-state index is 0.310. The molecule has 2 aromatic rings. The molecule has 2 rings (SSSR count). The van der Waals surface area contributed by atoms with Crippen molar-refractivity contribution in [1.29, 1.82) is 0 Å². The van der Waals surface area contributed by atoms with E-state index in [1.807, 2.05) is 31.3 Å². The summed E-state index contributed by atoms with van der Waals surface area (Å²) in [7, 11) is 2.01. The van der Waals surface area contributed by atoms with Crippen LogP contribution in [0, 0.1) is 0 Å². The van der Waals surface area contributed by atoms with Crippen LogP contribution < -0.4 is 10.6 Å². The van der Waals surface area contributed by atoms with Crippen LogP contribution in [0.1, 0.15) is 10.6 Å². The van der Waals surface area contributed by atoms with E-state index in [4.69, 9.17) is 29.6 Å². The first kappa shape index (κ1) is 13.3. The number of thiocarbonyl (C=S) groups is 1. The maximum atomic E-state index is 5.91. The fourth-order valence-electron chi connectivity index (χ4n) is 1.55. The summed E-state index contributed by atoms with van der Waals surface area (Å²) >= 11 is 12.4. The number of pyridine rings is 1. The van der Waals surface area contributed by atoms with Crippen molar-refractivity contribution in [3.05, 3.63) is 45.4 Å². The smallest absolute Gasteiger partial charge is 0.122 e. The molecule has 3 nitrogen and oxygen atoms in total. The van der Waals surface area contributed by atoms with Gasteiger partial charge in [-0.15, -0.1) is 11.3 Å². The lowest BCUT2D eigenvalue weighted by molar-refractivity contribution is 0.937. The van der Waals surface area contributed by atoms with Crippen molar-refractivity contribution in [3.8, 4) is 0 Å². The molecular formula is C12H12ClN3S2. The Labute approximate surface area is 120 Å². The molecule has 0 aliphatic carbocycles. The predicted molar refractivity (Wildman–Crippen MR) is 81.6 cm³/mol. The highest BCUT2D eigenvalue weighted by Crippen LogP contribution is 2.24. The van der Waals surface area contributed by atoms with Crippen LogP contribution in [0.3, 0.4) is 0 Å². The molecule has 2 N–H and O–H groups in total. The Hall–Kier alpha value is -1.17. The molecule has 2 heterocycles. The number of nitrogens with two attached hydrogens (primary N) is 1. The molecule has 0 radical (unpaired) electrons. The summed E-state index contributed by atoms with van der Waals surface area (Å²) in [5, 5.41) is 0. The highest BCUT2D eigenvalue weighted by molar-refractivity contribution is 7.80. The number of nitrogens with zero attached hydrogens (tertiary/aromatic N) is 2. The van der Waals surface area contributed by atoms with Gasteiger partial charge in [-0.05, 0) is 24.3 Å². The molecule has 0 unspecified atom stereocenters. The Morgan fingerprint density at radius 1 is 1.50 bits per heavy atom. The average Bonchev–Trinajstić information content (AvgIpc) is 2.75. The van der Waals surface area contributed by atoms with Gasteiger partial charge in [-0.25, -0.2) is 0 Å². The van der Waals surface area contributed by atoms with Crippen molar-refractivity contribution in [2.45, 2.75) is 6.54 Å². The zero-order valence-corrected chi connectivity index (χ0v) is 12.1. The average molecular weight is 298 g/mol. The first-order chi connectivity index (χ1) is 8.56. The maximum Gasteiger partial charge on any atom is 0.122 e. The van der Waals surface area contributed by atoms with E-state index in [1.165, 1.54) is 4.88 Å². The summed E-state index contributed by atoms with van der Waals surface area (Å²) in [5.74, 6) is 0. The molecule has 18 heavy (non-hydrogen) atoms. The normalized spacial score (nSPS) is 10.3. The molecule has 94 valence electrons. The van der Waals surface area contributed by atoms with E-state index >= 15 is 0 Å². The molecule has 0 saturated carbocycles. The van der Waals surface area contributed by atoms with Gasteiger partial charge in [0.2, 0.25) is 0 Å². The van der Waals surface area contributed by atoms with Crippen molar-refractivity contribution >= 4 is 45.8 Å². The molecule has 2 aromatic heterocycles. The fraction of sp³-hybridized carbons (Fsp3) is 0.167. The summed E-state index contributed by atoms with van der Waals surface area (Å²) in [5.41, 5.74) is 7.24. The summed E-state index contributed by atoms with van der Waals surface area (Å²) in [6, 6.07) is 7.75. The van der Waals surface area contributed by atoms with Crippen LogP contribution in [0.5, 0.6) is 0 Å². The number of hydrogen-bond donors (Lipinski definition) is 1. The molecule has 0 aromatic carbocycles. The second kappa shape index (κ2) is 5.65. The standard InChI is InChI=1S/C12H12ClN3S2/c1-16(7-9-2-3-11(13)18-9)8-4-5-15-10(6-8)12(14)17/h2-6H,7H2,1H3,(H2,14,17). The first-order valence-electron chi connectivity index (χ1n) is 5.27. The summed E-state index contributed by atoms with van der Waals surface area (Å²) in [6.07, 6.45) is 1.71. The summed E-state index contributed by atoms with van der Waals surface area (Å²) in [4.78, 5) is 7.74. The number of halogens is 1. The zero-order valence-electron chi connectivity index (χ0n) is 9.76. The lowest BCUT2D eigenvalue weighted by Crippen LogP contribution is -2.17. The van der Waals surface area contributed by atoms with Crippen molar-refractivity contribution in [2.75, 3.05) is 11.9 Å². The van der Waals surface area contributed by atoms with E-state index < -0.39 is 0 Å². The van der Waals surface area contributed by atoms with Gasteiger partial charge in [-0.1, -0.05) is 23.8 Å². The monoisotopic (exact) mass is 297 g/mol. The zero-order chi connectivity index (χ0) is 13.1. The molecule has 0 aliphatic rings. The lowest BCUT2D eigenvalue weighted by Gasteiger charge is -2.18. The van der Waals surface area contributed by atoms with Gasteiger partial charge >= 0.3 is 0 Å². The van der Waals surface area contributed by atoms with Crippen LogP contribution in [-0.2, 0) is 6.54 Å². The van der Waals surface area contributed by atoms with E-state index in [9.17, 15) is 0 Å². The van der Waals surface area contributed by atoms with Gasteiger partial charge in [0.15, 0.2) is 0 Å². The Morgan fingerprint density at radius 3 is 2.89 bits per heavy atom. The molecule has 0 bridgehead atoms. The third kappa shape index (κ3) is 3.19. The topological polar surface area (TPSA) is 42.2 Å². The van der Waals surface area contributed by atoms with E-state index in [0.29, 0.717) is 10.7 Å². The van der Waals surface area contributed by atoms with Gasteiger partial charge in [0, 0.05) is 23.8 Å². The Bertz CT molecular complexity index is 568. The van der Waals surface area contributed by atoms with Gasteiger partial charge in [0.1, 0.15) is 4.99 Å². The minimum Gasteiger partial charge on any atom is -0.388 e. The van der Waals surface area contributed by atoms with Crippen molar-refractivity contribution in [2.24, 2.45) is 5.73 Å². The maximum absolute atomic E-state index is 5.91. The van der Waals surface area contributed by atoms with Crippen LogP contribution in [-0.4, -0.2) is 17.0 Å². The molecule has 0 fully saturated rings. The minimum absolute atomic E-state index is 0.310. The lowest BCUT2D eigenvalue weighted by atomic mass is 10.3. The van der Waals surface area contributed by atoms with Crippen LogP contribution in [0.15, 0.2) is 30.5 Å². The molecular weight excluding hydrogens is 286 g/mol. The van der Waals surface area contributed by atoms with Crippen molar-refractivity contribution < 1.29 is 0 Å². The van der Waals surface area contributed by atoms with Gasteiger partial charge in [-0.3, -0.25) is 4.98 Å². The van der Waals surface area contributed by atoms with Crippen molar-refractivity contribution in [3.63, 3.8) is 0 Å². The number of anilines is 1. The Kier molecular flexibility index (Phi) is 4.16. The molecule has 0 amide bonds. The highest BCUT2D eigenvalue weighted by atomic mass is 35.5. The van der Waals surface area contributed by atoms with Crippen molar-refractivity contribution in [1.82, 2.24) is 4.98 Å². The fourth-order valence-corrected chi connectivity index (χ4v) is 2.81. The number of thiophene rings is 1. The third-order valence-electron chi connectivity index (χ3n) is 2.46. The number of rotatable bonds is 4. The largest absolute Gasteiger partial charge is 0.388 e. The molecule has 0 saturated heterocycles. The van der Waals surface area contributed by atoms with Gasteiger partial charge in [0.05, 0.1) is 16.6 Å². The Morgan fingerprint density at radius 2 is 2.28 bits per heavy atom. The number of hydrogen-bond acceptors (Lipinski definition) is 4. The van der Waals surface area contributed by atoms with E-state index in [1.54, 1.807) is 17.5 Å². The SMILES string of the molecule is CN(Cc1ccc(Cl)s1)c1ccnc(C(N)=S)c1. The summed E-state index contributed by atoms with van der Waals surface area (Å²) in [6.45, 7) is 0.790. The second-order valence-corrected chi connectivity index (χ2v) is 6.06. The predicted octanol–water partition coefficient (Wildman–Crippen LogP) is 3.07. The van der Waals surface area contributed by atoms with Crippen LogP contribution in [0.2, 0.25) is 4.34 Å². The summed E-state index contributed by atoms with van der Waals surface area (Å²) < 4.78 is 0.803. The Balaban J connectivity index is 2.15. The van der Waals surface area contributed by atoms with E-state index in [0.717, 1.165) is 16.6 Å². The van der Waals surface area contributed by atoms with Gasteiger partial charge < -0.3 is 10.6 Å². The molecule has 6 heteroatoms.